The van der Waals surface area contributed by atoms with Gasteiger partial charge in [0.25, 0.3) is 5.69 Å². The van der Waals surface area contributed by atoms with Crippen LogP contribution in [-0.4, -0.2) is 57.5 Å². The van der Waals surface area contributed by atoms with Crippen molar-refractivity contribution in [3.63, 3.8) is 0 Å². The summed E-state index contributed by atoms with van der Waals surface area (Å²) in [6, 6.07) is 6.72. The van der Waals surface area contributed by atoms with Crippen molar-refractivity contribution in [1.29, 1.82) is 0 Å². The standard InChI is InChI=1S/C24H26N2O5/c1-25-11-10-24-17-6-7-19(27)21(24)31-22-20(24)15(12-18(17)25)8-9-23(22,28)13-14-2-4-16(5-3-14)26(29)30/h2-8,17-19,21,27-28H,9-13H2,1H3/t17-,18+,19-,21-,23?,24-/m0/s1. The third kappa shape index (κ3) is 2.45. The van der Waals surface area contributed by atoms with Gasteiger partial charge in [-0.3, -0.25) is 10.1 Å². The van der Waals surface area contributed by atoms with Gasteiger partial charge in [0.1, 0.15) is 23.6 Å². The molecule has 2 heterocycles. The van der Waals surface area contributed by atoms with Crippen LogP contribution in [0.15, 0.2) is 59.4 Å². The zero-order valence-corrected chi connectivity index (χ0v) is 17.4. The maximum atomic E-state index is 11.8. The monoisotopic (exact) mass is 422 g/mol. The zero-order chi connectivity index (χ0) is 21.5. The molecule has 0 amide bonds. The van der Waals surface area contributed by atoms with Gasteiger partial charge in [-0.2, -0.15) is 0 Å². The van der Waals surface area contributed by atoms with Crippen LogP contribution in [0.4, 0.5) is 5.69 Å². The van der Waals surface area contributed by atoms with Gasteiger partial charge in [0.05, 0.1) is 4.92 Å². The van der Waals surface area contributed by atoms with E-state index < -0.39 is 16.6 Å². The summed E-state index contributed by atoms with van der Waals surface area (Å²) in [5.41, 5.74) is 1.71. The Morgan fingerprint density at radius 3 is 2.81 bits per heavy atom. The highest BCUT2D eigenvalue weighted by Crippen LogP contribution is 2.66. The van der Waals surface area contributed by atoms with Gasteiger partial charge in [0.15, 0.2) is 0 Å². The highest BCUT2D eigenvalue weighted by atomic mass is 16.6. The van der Waals surface area contributed by atoms with E-state index >= 15 is 0 Å². The fraction of sp³-hybridized carbons (Fsp3) is 0.500. The minimum absolute atomic E-state index is 0.0345. The molecule has 3 aliphatic carbocycles. The summed E-state index contributed by atoms with van der Waals surface area (Å²) in [5.74, 6) is 0.870. The first-order valence-corrected chi connectivity index (χ1v) is 11.0. The van der Waals surface area contributed by atoms with Crippen LogP contribution in [0.3, 0.4) is 0 Å². The molecular weight excluding hydrogens is 396 g/mol. The van der Waals surface area contributed by atoms with Crippen molar-refractivity contribution in [2.45, 2.75) is 49.5 Å². The number of aliphatic hydroxyl groups excluding tert-OH is 1. The number of nitrogens with zero attached hydrogens (tertiary/aromatic N) is 2. The zero-order valence-electron chi connectivity index (χ0n) is 17.4. The molecule has 5 aliphatic rings. The molecule has 2 aliphatic heterocycles. The highest BCUT2D eigenvalue weighted by Gasteiger charge is 2.67. The van der Waals surface area contributed by atoms with Crippen LogP contribution in [0.5, 0.6) is 0 Å². The van der Waals surface area contributed by atoms with Gasteiger partial charge in [0.2, 0.25) is 0 Å². The van der Waals surface area contributed by atoms with E-state index in [1.54, 1.807) is 12.1 Å². The molecule has 2 N–H and O–H groups in total. The highest BCUT2D eigenvalue weighted by molar-refractivity contribution is 5.55. The van der Waals surface area contributed by atoms with E-state index in [4.69, 9.17) is 4.74 Å². The molecule has 1 spiro atoms. The van der Waals surface area contributed by atoms with Crippen LogP contribution >= 0.6 is 0 Å². The number of hydrogen-bond donors (Lipinski definition) is 2. The van der Waals surface area contributed by atoms with Crippen LogP contribution < -0.4 is 0 Å². The molecule has 162 valence electrons. The maximum Gasteiger partial charge on any atom is 0.269 e. The lowest BCUT2D eigenvalue weighted by atomic mass is 9.51. The molecule has 6 rings (SSSR count). The number of hydrogen-bond acceptors (Lipinski definition) is 6. The van der Waals surface area contributed by atoms with Crippen molar-refractivity contribution in [1.82, 2.24) is 4.90 Å². The van der Waals surface area contributed by atoms with Crippen LogP contribution in [0, 0.1) is 21.4 Å². The molecule has 0 aromatic heterocycles. The van der Waals surface area contributed by atoms with Crippen molar-refractivity contribution < 1.29 is 19.9 Å². The minimum atomic E-state index is -1.22. The first-order valence-electron chi connectivity index (χ1n) is 11.0. The van der Waals surface area contributed by atoms with Crippen LogP contribution in [0.2, 0.25) is 0 Å². The fourth-order valence-electron chi connectivity index (χ4n) is 6.78. The molecule has 1 aromatic carbocycles. The topological polar surface area (TPSA) is 96.1 Å². The summed E-state index contributed by atoms with van der Waals surface area (Å²) in [7, 11) is 2.17. The second kappa shape index (κ2) is 6.28. The summed E-state index contributed by atoms with van der Waals surface area (Å²) in [5, 5.41) is 33.6. The smallest absolute Gasteiger partial charge is 0.269 e. The van der Waals surface area contributed by atoms with Crippen molar-refractivity contribution in [2.24, 2.45) is 11.3 Å². The van der Waals surface area contributed by atoms with Gasteiger partial charge in [-0.05, 0) is 37.6 Å². The number of nitro groups is 1. The molecule has 7 nitrogen and oxygen atoms in total. The molecule has 31 heavy (non-hydrogen) atoms. The Labute approximate surface area is 180 Å². The molecule has 0 radical (unpaired) electrons. The largest absolute Gasteiger partial charge is 0.487 e. The van der Waals surface area contributed by atoms with Crippen molar-refractivity contribution >= 4 is 5.69 Å². The Hall–Kier alpha value is -2.48. The van der Waals surface area contributed by atoms with Crippen LogP contribution in [0.25, 0.3) is 0 Å². The van der Waals surface area contributed by atoms with Gasteiger partial charge in [0, 0.05) is 47.9 Å². The molecule has 2 fully saturated rings. The first-order chi connectivity index (χ1) is 14.8. The molecule has 1 saturated carbocycles. The second-order valence-corrected chi connectivity index (χ2v) is 9.75. The SMILES string of the molecule is CN1CC[C@]23C4=C5O[C@H]2[C@@H](O)C=C[C@H]3[C@H]1CC4=CCC5(O)Cc1ccc([N+](=O)[O-])cc1. The van der Waals surface area contributed by atoms with Crippen molar-refractivity contribution in [3.8, 4) is 0 Å². The maximum absolute atomic E-state index is 11.8. The molecule has 2 bridgehead atoms. The Morgan fingerprint density at radius 1 is 1.29 bits per heavy atom. The molecule has 1 aromatic rings. The Kier molecular flexibility index (Phi) is 3.89. The fourth-order valence-corrected chi connectivity index (χ4v) is 6.78. The van der Waals surface area contributed by atoms with Gasteiger partial charge in [-0.1, -0.05) is 30.4 Å². The van der Waals surface area contributed by atoms with E-state index in [0.717, 1.165) is 30.5 Å². The second-order valence-electron chi connectivity index (χ2n) is 9.75. The van der Waals surface area contributed by atoms with E-state index in [2.05, 4.69) is 24.1 Å². The van der Waals surface area contributed by atoms with Crippen LogP contribution in [0.1, 0.15) is 24.8 Å². The van der Waals surface area contributed by atoms with Gasteiger partial charge in [-0.25, -0.2) is 0 Å². The predicted molar refractivity (Wildman–Crippen MR) is 113 cm³/mol. The number of likely N-dealkylation sites (tertiary alicyclic amines) is 1. The van der Waals surface area contributed by atoms with E-state index in [1.165, 1.54) is 17.7 Å². The van der Waals surface area contributed by atoms with Crippen LogP contribution in [-0.2, 0) is 11.2 Å². The normalized spacial score (nSPS) is 40.3. The third-order valence-electron chi connectivity index (χ3n) is 8.23. The number of rotatable bonds is 3. The summed E-state index contributed by atoms with van der Waals surface area (Å²) < 4.78 is 6.48. The average molecular weight is 422 g/mol. The number of non-ortho nitro benzene ring substituents is 1. The Bertz CT molecular complexity index is 1060. The lowest BCUT2D eigenvalue weighted by Gasteiger charge is -2.58. The average Bonchev–Trinajstić information content (AvgIpc) is 3.11. The third-order valence-corrected chi connectivity index (χ3v) is 8.23. The van der Waals surface area contributed by atoms with Gasteiger partial charge >= 0.3 is 0 Å². The molecule has 1 unspecified atom stereocenters. The lowest BCUT2D eigenvalue weighted by Crippen LogP contribution is -2.62. The van der Waals surface area contributed by atoms with Crippen molar-refractivity contribution in [2.75, 3.05) is 13.6 Å². The summed E-state index contributed by atoms with van der Waals surface area (Å²) >= 11 is 0. The van der Waals surface area contributed by atoms with Gasteiger partial charge < -0.3 is 19.8 Å². The summed E-state index contributed by atoms with van der Waals surface area (Å²) in [6.45, 7) is 0.937. The summed E-state index contributed by atoms with van der Waals surface area (Å²) in [4.78, 5) is 13.0. The quantitative estimate of drug-likeness (QED) is 0.441. The van der Waals surface area contributed by atoms with Gasteiger partial charge in [-0.15, -0.1) is 0 Å². The Morgan fingerprint density at radius 2 is 2.06 bits per heavy atom. The molecular formula is C24H26N2O5. The number of piperidine rings is 1. The minimum Gasteiger partial charge on any atom is -0.487 e. The predicted octanol–water partition coefficient (Wildman–Crippen LogP) is 2.49. The molecule has 7 heteroatoms. The van der Waals surface area contributed by atoms with E-state index in [9.17, 15) is 20.3 Å². The first kappa shape index (κ1) is 19.2. The number of nitro benzene ring substituents is 1. The number of aliphatic hydroxyl groups is 2. The lowest BCUT2D eigenvalue weighted by molar-refractivity contribution is -0.384. The summed E-state index contributed by atoms with van der Waals surface area (Å²) in [6.07, 6.45) is 7.67. The molecule has 6 atom stereocenters. The Balaban J connectivity index is 1.43. The molecule has 1 saturated heterocycles. The van der Waals surface area contributed by atoms with E-state index in [-0.39, 0.29) is 23.1 Å². The van der Waals surface area contributed by atoms with E-state index in [0.29, 0.717) is 24.6 Å². The van der Waals surface area contributed by atoms with Crippen molar-refractivity contribution in [3.05, 3.63) is 75.1 Å². The number of ether oxygens (including phenoxy) is 1. The number of benzene rings is 1. The van der Waals surface area contributed by atoms with E-state index in [1.807, 2.05) is 6.08 Å².